The second-order valence-electron chi connectivity index (χ2n) is 4.27. The standard InChI is InChI=1S/C16H28/c1-3-5-7-9-11-13-15-16-14-12-10-8-6-4-2/h3,5,7,12,14H,1,4,6,8-11,13,15-16H2,2H3. The Kier molecular flexibility index (Phi) is 13.5. The first-order chi connectivity index (χ1) is 7.91. The number of hydrogen-bond donors (Lipinski definition) is 0. The molecule has 0 aliphatic carbocycles. The van der Waals surface area contributed by atoms with Crippen LogP contribution in [0.1, 0.15) is 64.7 Å². The van der Waals surface area contributed by atoms with Crippen LogP contribution in [-0.4, -0.2) is 0 Å². The van der Waals surface area contributed by atoms with Gasteiger partial charge in [-0.1, -0.05) is 63.1 Å². The minimum Gasteiger partial charge on any atom is -0.0991 e. The maximum Gasteiger partial charge on any atom is -0.0348 e. The predicted molar refractivity (Wildman–Crippen MR) is 75.7 cm³/mol. The van der Waals surface area contributed by atoms with Gasteiger partial charge in [0.2, 0.25) is 0 Å². The molecule has 0 aliphatic heterocycles. The van der Waals surface area contributed by atoms with Crippen LogP contribution in [0.15, 0.2) is 37.0 Å². The van der Waals surface area contributed by atoms with E-state index in [2.05, 4.69) is 31.7 Å². The Morgan fingerprint density at radius 2 is 1.31 bits per heavy atom. The van der Waals surface area contributed by atoms with Crippen molar-refractivity contribution in [3.63, 3.8) is 0 Å². The number of hydrogen-bond acceptors (Lipinski definition) is 0. The van der Waals surface area contributed by atoms with Crippen molar-refractivity contribution in [3.05, 3.63) is 37.0 Å². The van der Waals surface area contributed by atoms with Crippen molar-refractivity contribution in [2.45, 2.75) is 64.7 Å². The molecule has 0 radical (unpaired) electrons. The minimum absolute atomic E-state index is 1.20. The lowest BCUT2D eigenvalue weighted by Gasteiger charge is -1.95. The third-order valence-corrected chi connectivity index (χ3v) is 2.65. The lowest BCUT2D eigenvalue weighted by molar-refractivity contribution is 0.692. The Morgan fingerprint density at radius 3 is 1.88 bits per heavy atom. The molecule has 0 heterocycles. The molecule has 0 heteroatoms. The molecular weight excluding hydrogens is 192 g/mol. The SMILES string of the molecule is C=CC=CCCCCCC=CCCCCC. The molecule has 0 unspecified atom stereocenters. The van der Waals surface area contributed by atoms with Crippen molar-refractivity contribution in [2.24, 2.45) is 0 Å². The zero-order valence-corrected chi connectivity index (χ0v) is 11.0. The predicted octanol–water partition coefficient (Wildman–Crippen LogP) is 5.82. The molecule has 0 bridgehead atoms. The fourth-order valence-corrected chi connectivity index (χ4v) is 1.64. The molecule has 0 fully saturated rings. The summed E-state index contributed by atoms with van der Waals surface area (Å²) >= 11 is 0. The average Bonchev–Trinajstić information content (AvgIpc) is 2.31. The van der Waals surface area contributed by atoms with Crippen LogP contribution >= 0.6 is 0 Å². The average molecular weight is 220 g/mol. The Labute approximate surface area is 102 Å². The van der Waals surface area contributed by atoms with Crippen LogP contribution < -0.4 is 0 Å². The van der Waals surface area contributed by atoms with Gasteiger partial charge in [0.05, 0.1) is 0 Å². The lowest BCUT2D eigenvalue weighted by atomic mass is 10.1. The third kappa shape index (κ3) is 13.2. The van der Waals surface area contributed by atoms with Crippen LogP contribution in [0.4, 0.5) is 0 Å². The van der Waals surface area contributed by atoms with E-state index in [1.54, 1.807) is 0 Å². The summed E-state index contributed by atoms with van der Waals surface area (Å²) < 4.78 is 0. The number of unbranched alkanes of at least 4 members (excludes halogenated alkanes) is 7. The van der Waals surface area contributed by atoms with E-state index in [1.807, 2.05) is 12.2 Å². The van der Waals surface area contributed by atoms with Gasteiger partial charge in [-0.15, -0.1) is 0 Å². The summed E-state index contributed by atoms with van der Waals surface area (Å²) in [7, 11) is 0. The number of allylic oxidation sites excluding steroid dienone is 5. The van der Waals surface area contributed by atoms with E-state index < -0.39 is 0 Å². The van der Waals surface area contributed by atoms with Gasteiger partial charge in [-0.3, -0.25) is 0 Å². The van der Waals surface area contributed by atoms with Gasteiger partial charge >= 0.3 is 0 Å². The fourth-order valence-electron chi connectivity index (χ4n) is 1.64. The maximum atomic E-state index is 3.65. The summed E-state index contributed by atoms with van der Waals surface area (Å²) in [4.78, 5) is 0. The summed E-state index contributed by atoms with van der Waals surface area (Å²) in [6, 6.07) is 0. The maximum absolute atomic E-state index is 3.65. The molecular formula is C16H28. The van der Waals surface area contributed by atoms with Crippen molar-refractivity contribution in [1.29, 1.82) is 0 Å². The van der Waals surface area contributed by atoms with Crippen LogP contribution in [0.3, 0.4) is 0 Å². The smallest absolute Gasteiger partial charge is 0.0348 e. The van der Waals surface area contributed by atoms with E-state index in [9.17, 15) is 0 Å². The van der Waals surface area contributed by atoms with Gasteiger partial charge in [-0.05, 0) is 38.5 Å². The third-order valence-electron chi connectivity index (χ3n) is 2.65. The number of rotatable bonds is 11. The zero-order chi connectivity index (χ0) is 11.9. The Balaban J connectivity index is 3.08. The van der Waals surface area contributed by atoms with E-state index in [-0.39, 0.29) is 0 Å². The summed E-state index contributed by atoms with van der Waals surface area (Å²) in [5, 5.41) is 0. The molecule has 0 amide bonds. The highest BCUT2D eigenvalue weighted by Gasteiger charge is 1.86. The topological polar surface area (TPSA) is 0 Å². The quantitative estimate of drug-likeness (QED) is 0.234. The molecule has 92 valence electrons. The largest absolute Gasteiger partial charge is 0.0991 e. The lowest BCUT2D eigenvalue weighted by Crippen LogP contribution is -1.75. The van der Waals surface area contributed by atoms with Crippen molar-refractivity contribution >= 4 is 0 Å². The fraction of sp³-hybridized carbons (Fsp3) is 0.625. The Bertz CT molecular complexity index is 186. The van der Waals surface area contributed by atoms with Crippen LogP contribution in [0.2, 0.25) is 0 Å². The summed E-state index contributed by atoms with van der Waals surface area (Å²) in [6.07, 6.45) is 22.6. The van der Waals surface area contributed by atoms with Crippen LogP contribution in [-0.2, 0) is 0 Å². The van der Waals surface area contributed by atoms with Crippen molar-refractivity contribution < 1.29 is 0 Å². The molecule has 0 atom stereocenters. The molecule has 0 aromatic rings. The van der Waals surface area contributed by atoms with Crippen molar-refractivity contribution in [2.75, 3.05) is 0 Å². The normalized spacial score (nSPS) is 11.6. The van der Waals surface area contributed by atoms with Crippen molar-refractivity contribution in [1.82, 2.24) is 0 Å². The van der Waals surface area contributed by atoms with Gasteiger partial charge in [0.15, 0.2) is 0 Å². The molecule has 0 aromatic carbocycles. The van der Waals surface area contributed by atoms with E-state index in [0.29, 0.717) is 0 Å². The molecule has 16 heavy (non-hydrogen) atoms. The van der Waals surface area contributed by atoms with E-state index in [1.165, 1.54) is 57.8 Å². The molecule has 0 aromatic heterocycles. The van der Waals surface area contributed by atoms with Crippen LogP contribution in [0.5, 0.6) is 0 Å². The molecule has 0 N–H and O–H groups in total. The second-order valence-corrected chi connectivity index (χ2v) is 4.27. The van der Waals surface area contributed by atoms with Crippen LogP contribution in [0.25, 0.3) is 0 Å². The summed E-state index contributed by atoms with van der Waals surface area (Å²) in [5.41, 5.74) is 0. The highest BCUT2D eigenvalue weighted by molar-refractivity contribution is 4.96. The monoisotopic (exact) mass is 220 g/mol. The molecule has 0 saturated carbocycles. The van der Waals surface area contributed by atoms with Crippen LogP contribution in [0, 0.1) is 0 Å². The molecule has 0 nitrogen and oxygen atoms in total. The summed E-state index contributed by atoms with van der Waals surface area (Å²) in [5.74, 6) is 0. The van der Waals surface area contributed by atoms with E-state index >= 15 is 0 Å². The van der Waals surface area contributed by atoms with Gasteiger partial charge in [0, 0.05) is 0 Å². The van der Waals surface area contributed by atoms with E-state index in [0.717, 1.165) is 0 Å². The first-order valence-corrected chi connectivity index (χ1v) is 6.84. The first kappa shape index (κ1) is 15.2. The molecule has 0 rings (SSSR count). The second kappa shape index (κ2) is 14.2. The van der Waals surface area contributed by atoms with Crippen molar-refractivity contribution in [3.8, 4) is 0 Å². The minimum atomic E-state index is 1.20. The molecule has 0 saturated heterocycles. The molecule has 0 spiro atoms. The Morgan fingerprint density at radius 1 is 0.750 bits per heavy atom. The first-order valence-electron chi connectivity index (χ1n) is 6.84. The van der Waals surface area contributed by atoms with Gasteiger partial charge in [-0.2, -0.15) is 0 Å². The molecule has 0 aliphatic rings. The van der Waals surface area contributed by atoms with Gasteiger partial charge in [0.1, 0.15) is 0 Å². The van der Waals surface area contributed by atoms with E-state index in [4.69, 9.17) is 0 Å². The highest BCUT2D eigenvalue weighted by Crippen LogP contribution is 2.06. The Hall–Kier alpha value is -0.780. The van der Waals surface area contributed by atoms with Gasteiger partial charge in [-0.25, -0.2) is 0 Å². The van der Waals surface area contributed by atoms with Gasteiger partial charge < -0.3 is 0 Å². The van der Waals surface area contributed by atoms with Gasteiger partial charge in [0.25, 0.3) is 0 Å². The summed E-state index contributed by atoms with van der Waals surface area (Å²) in [6.45, 7) is 5.91. The zero-order valence-electron chi connectivity index (χ0n) is 11.0. The highest BCUT2D eigenvalue weighted by atomic mass is 13.9.